The highest BCUT2D eigenvalue weighted by atomic mass is 16.1. The second-order valence-electron chi connectivity index (χ2n) is 9.46. The Bertz CT molecular complexity index is 508. The minimum atomic E-state index is -0.0409. The molecule has 4 aliphatic carbocycles. The zero-order valence-corrected chi connectivity index (χ0v) is 15.2. The quantitative estimate of drug-likeness (QED) is 0.589. The largest absolute Gasteiger partial charge is 0.299 e. The molecule has 0 unspecified atom stereocenters. The molecule has 0 aromatic rings. The minimum absolute atomic E-state index is 0.0409. The molecule has 7 atom stereocenters. The van der Waals surface area contributed by atoms with Crippen LogP contribution in [0.5, 0.6) is 0 Å². The fraction of sp³-hybridized carbons (Fsp3) is 0.864. The van der Waals surface area contributed by atoms with Gasteiger partial charge in [0.1, 0.15) is 5.78 Å². The highest BCUT2D eigenvalue weighted by molar-refractivity contribution is 5.84. The van der Waals surface area contributed by atoms with E-state index in [4.69, 9.17) is 0 Å². The Kier molecular flexibility index (Phi) is 3.78. The molecule has 4 rings (SSSR count). The van der Waals surface area contributed by atoms with Gasteiger partial charge in [0.2, 0.25) is 0 Å². The van der Waals surface area contributed by atoms with Crippen LogP contribution in [0.4, 0.5) is 0 Å². The van der Waals surface area contributed by atoms with Crippen molar-refractivity contribution in [3.63, 3.8) is 0 Å². The smallest absolute Gasteiger partial charge is 0.136 e. The molecule has 0 spiro atoms. The van der Waals surface area contributed by atoms with Crippen molar-refractivity contribution in [3.05, 3.63) is 12.7 Å². The lowest BCUT2D eigenvalue weighted by Crippen LogP contribution is -2.55. The molecule has 4 fully saturated rings. The van der Waals surface area contributed by atoms with Crippen LogP contribution in [-0.2, 0) is 4.79 Å². The maximum atomic E-state index is 12.8. The van der Waals surface area contributed by atoms with Gasteiger partial charge in [-0.2, -0.15) is 0 Å². The molecule has 4 aliphatic rings. The van der Waals surface area contributed by atoms with Crippen molar-refractivity contribution in [1.29, 1.82) is 0 Å². The highest BCUT2D eigenvalue weighted by Gasteiger charge is 2.62. The van der Waals surface area contributed by atoms with Crippen molar-refractivity contribution in [2.24, 2.45) is 40.4 Å². The minimum Gasteiger partial charge on any atom is -0.299 e. The first kappa shape index (κ1) is 15.9. The van der Waals surface area contributed by atoms with E-state index in [1.165, 1.54) is 57.8 Å². The monoisotopic (exact) mass is 314 g/mol. The molecule has 4 saturated carbocycles. The number of hydrogen-bond donors (Lipinski definition) is 0. The van der Waals surface area contributed by atoms with Gasteiger partial charge in [-0.05, 0) is 93.3 Å². The van der Waals surface area contributed by atoms with Crippen LogP contribution in [0.1, 0.15) is 78.1 Å². The van der Waals surface area contributed by atoms with E-state index in [0.29, 0.717) is 23.0 Å². The summed E-state index contributed by atoms with van der Waals surface area (Å²) in [4.78, 5) is 12.8. The Balaban J connectivity index is 1.69. The summed E-state index contributed by atoms with van der Waals surface area (Å²) in [5, 5.41) is 0. The van der Waals surface area contributed by atoms with Crippen molar-refractivity contribution in [2.75, 3.05) is 0 Å². The first-order valence-corrected chi connectivity index (χ1v) is 10.2. The number of hydrogen-bond acceptors (Lipinski definition) is 1. The van der Waals surface area contributed by atoms with Gasteiger partial charge >= 0.3 is 0 Å². The van der Waals surface area contributed by atoms with E-state index in [0.717, 1.165) is 24.2 Å². The summed E-state index contributed by atoms with van der Waals surface area (Å²) in [5.41, 5.74) is 0.539. The molecule has 0 aromatic carbocycles. The van der Waals surface area contributed by atoms with Crippen molar-refractivity contribution >= 4 is 5.78 Å². The average molecular weight is 315 g/mol. The molecule has 1 nitrogen and oxygen atoms in total. The second-order valence-corrected chi connectivity index (χ2v) is 9.46. The summed E-state index contributed by atoms with van der Waals surface area (Å²) in [7, 11) is 0. The van der Waals surface area contributed by atoms with Crippen molar-refractivity contribution in [3.8, 4) is 0 Å². The maximum Gasteiger partial charge on any atom is 0.136 e. The third-order valence-corrected chi connectivity index (χ3v) is 9.10. The summed E-state index contributed by atoms with van der Waals surface area (Å²) in [5.74, 6) is 4.25. The fourth-order valence-corrected chi connectivity index (χ4v) is 8.04. The van der Waals surface area contributed by atoms with Crippen molar-refractivity contribution < 1.29 is 4.79 Å². The lowest BCUT2D eigenvalue weighted by molar-refractivity contribution is -0.147. The van der Waals surface area contributed by atoms with Gasteiger partial charge in [-0.3, -0.25) is 4.79 Å². The van der Waals surface area contributed by atoms with Gasteiger partial charge < -0.3 is 0 Å². The van der Waals surface area contributed by atoms with Crippen molar-refractivity contribution in [2.45, 2.75) is 78.1 Å². The number of carbonyl (C=O) groups excluding carboxylic acids is 1. The molecular weight excluding hydrogens is 280 g/mol. The SMILES string of the molecule is C=C[C@H]1CC[C@H]2[C@@H]3CC[C@H]4CCCC[C@]4(C)[C@H]3CC[C@]12C(C)=O. The number of fused-ring (bicyclic) bond motifs is 5. The summed E-state index contributed by atoms with van der Waals surface area (Å²) < 4.78 is 0. The Hall–Kier alpha value is -0.590. The van der Waals surface area contributed by atoms with Gasteiger partial charge in [0, 0.05) is 5.41 Å². The van der Waals surface area contributed by atoms with Gasteiger partial charge in [0.25, 0.3) is 0 Å². The zero-order valence-electron chi connectivity index (χ0n) is 15.2. The molecule has 0 aliphatic heterocycles. The molecule has 128 valence electrons. The predicted molar refractivity (Wildman–Crippen MR) is 95.0 cm³/mol. The van der Waals surface area contributed by atoms with E-state index in [1.54, 1.807) is 0 Å². The maximum absolute atomic E-state index is 12.8. The zero-order chi connectivity index (χ0) is 16.2. The summed E-state index contributed by atoms with van der Waals surface area (Å²) in [6, 6.07) is 0. The second kappa shape index (κ2) is 5.46. The Morgan fingerprint density at radius 1 is 1.00 bits per heavy atom. The summed E-state index contributed by atoms with van der Waals surface area (Å²) in [6.45, 7) is 8.59. The summed E-state index contributed by atoms with van der Waals surface area (Å²) >= 11 is 0. The number of ketones is 1. The van der Waals surface area contributed by atoms with E-state index in [2.05, 4.69) is 19.6 Å². The van der Waals surface area contributed by atoms with Crippen LogP contribution in [0, 0.1) is 40.4 Å². The van der Waals surface area contributed by atoms with Crippen molar-refractivity contribution in [1.82, 2.24) is 0 Å². The molecule has 0 bridgehead atoms. The Labute approximate surface area is 142 Å². The number of rotatable bonds is 2. The molecule has 0 N–H and O–H groups in total. The predicted octanol–water partition coefficient (Wildman–Crippen LogP) is 5.79. The third-order valence-electron chi connectivity index (χ3n) is 9.10. The van der Waals surface area contributed by atoms with Gasteiger partial charge in [-0.25, -0.2) is 0 Å². The van der Waals surface area contributed by atoms with Crippen LogP contribution < -0.4 is 0 Å². The van der Waals surface area contributed by atoms with Crippen LogP contribution in [0.25, 0.3) is 0 Å². The van der Waals surface area contributed by atoms with Gasteiger partial charge in [0.05, 0.1) is 0 Å². The number of carbonyl (C=O) groups is 1. The third kappa shape index (κ3) is 2.01. The van der Waals surface area contributed by atoms with E-state index in [1.807, 2.05) is 6.92 Å². The van der Waals surface area contributed by atoms with E-state index >= 15 is 0 Å². The standard InChI is InChI=1S/C22H34O/c1-4-16-9-11-20-18-10-8-17-7-5-6-13-21(17,3)19(18)12-14-22(16,20)15(2)23/h4,16-20H,1,5-14H2,2-3H3/t16-,17+,18+,19-,20-,21-,22-/m0/s1. The molecular formula is C22H34O. The van der Waals surface area contributed by atoms with E-state index in [9.17, 15) is 4.79 Å². The molecule has 0 radical (unpaired) electrons. The molecule has 0 aromatic heterocycles. The molecule has 0 heterocycles. The topological polar surface area (TPSA) is 17.1 Å². The normalized spacial score (nSPS) is 52.2. The van der Waals surface area contributed by atoms with Crippen LogP contribution in [0.3, 0.4) is 0 Å². The molecule has 0 saturated heterocycles. The first-order chi connectivity index (χ1) is 11.0. The lowest BCUT2D eigenvalue weighted by atomic mass is 9.44. The first-order valence-electron chi connectivity index (χ1n) is 10.2. The van der Waals surface area contributed by atoms with Crippen LogP contribution in [0.15, 0.2) is 12.7 Å². The average Bonchev–Trinajstić information content (AvgIpc) is 2.94. The van der Waals surface area contributed by atoms with Gasteiger partial charge in [-0.1, -0.05) is 25.8 Å². The molecule has 0 amide bonds. The van der Waals surface area contributed by atoms with Crippen LogP contribution >= 0.6 is 0 Å². The van der Waals surface area contributed by atoms with E-state index < -0.39 is 0 Å². The molecule has 1 heteroatoms. The number of allylic oxidation sites excluding steroid dienone is 1. The number of Topliss-reactive ketones (excluding diaryl/α,β-unsaturated/α-hetero) is 1. The van der Waals surface area contributed by atoms with Gasteiger partial charge in [0.15, 0.2) is 0 Å². The lowest BCUT2D eigenvalue weighted by Gasteiger charge is -2.60. The summed E-state index contributed by atoms with van der Waals surface area (Å²) in [6.07, 6.45) is 15.7. The Morgan fingerprint density at radius 2 is 1.83 bits per heavy atom. The molecule has 23 heavy (non-hydrogen) atoms. The van der Waals surface area contributed by atoms with Gasteiger partial charge in [-0.15, -0.1) is 6.58 Å². The highest BCUT2D eigenvalue weighted by Crippen LogP contribution is 2.67. The van der Waals surface area contributed by atoms with Crippen LogP contribution in [-0.4, -0.2) is 5.78 Å². The van der Waals surface area contributed by atoms with Crippen LogP contribution in [0.2, 0.25) is 0 Å². The Morgan fingerprint density at radius 3 is 2.57 bits per heavy atom. The van der Waals surface area contributed by atoms with E-state index in [-0.39, 0.29) is 5.41 Å². The fourth-order valence-electron chi connectivity index (χ4n) is 8.04.